The first-order chi connectivity index (χ1) is 16.5. The summed E-state index contributed by atoms with van der Waals surface area (Å²) in [6, 6.07) is 6.43. The summed E-state index contributed by atoms with van der Waals surface area (Å²) in [6.45, 7) is 4.41. The number of rotatable bonds is 9. The van der Waals surface area contributed by atoms with E-state index in [1.54, 1.807) is 6.20 Å². The number of nitrogen functional groups attached to an aromatic ring is 1. The highest BCUT2D eigenvalue weighted by Crippen LogP contribution is 2.19. The molecule has 11 heteroatoms. The molecule has 0 aliphatic rings. The van der Waals surface area contributed by atoms with E-state index in [1.807, 2.05) is 38.1 Å². The number of carbonyl (C=O) groups is 3. The van der Waals surface area contributed by atoms with Crippen LogP contribution < -0.4 is 22.3 Å². The van der Waals surface area contributed by atoms with E-state index in [1.165, 1.54) is 14.0 Å². The van der Waals surface area contributed by atoms with Gasteiger partial charge in [-0.3, -0.25) is 23.5 Å². The molecular weight excluding hydrogens is 454 g/mol. The first-order valence-electron chi connectivity index (χ1n) is 11.1. The average Bonchev–Trinajstić information content (AvgIpc) is 3.21. The number of nitrogens with one attached hydrogen (secondary N) is 2. The molecule has 1 amide bonds. The number of carbonyl (C=O) groups excluding carboxylic acids is 3. The third-order valence-corrected chi connectivity index (χ3v) is 5.52. The van der Waals surface area contributed by atoms with Crippen LogP contribution in [0.5, 0.6) is 0 Å². The average molecular weight is 484 g/mol. The summed E-state index contributed by atoms with van der Waals surface area (Å²) in [5.41, 5.74) is 5.72. The highest BCUT2D eigenvalue weighted by Gasteiger charge is 2.26. The summed E-state index contributed by atoms with van der Waals surface area (Å²) in [5, 5.41) is 3.43. The second kappa shape index (κ2) is 10.4. The third-order valence-electron chi connectivity index (χ3n) is 5.52. The topological polar surface area (TPSA) is 158 Å². The summed E-state index contributed by atoms with van der Waals surface area (Å²) in [7, 11) is 1.25. The second-order valence-electron chi connectivity index (χ2n) is 8.76. The van der Waals surface area contributed by atoms with Crippen LogP contribution in [0.15, 0.2) is 40.1 Å². The van der Waals surface area contributed by atoms with Gasteiger partial charge in [-0.05, 0) is 17.5 Å². The SMILES string of the molecule is CC(=O)N[C@H](Cc1c[nH]c2ccccc12)C(=O)OCC(=O)c1c(N)n(CC(C)C)c(=O)n(C)c1=O. The van der Waals surface area contributed by atoms with E-state index in [-0.39, 0.29) is 24.7 Å². The van der Waals surface area contributed by atoms with Gasteiger partial charge in [-0.2, -0.15) is 0 Å². The first-order valence-corrected chi connectivity index (χ1v) is 11.1. The molecule has 0 fully saturated rings. The quantitative estimate of drug-likeness (QED) is 0.299. The molecule has 0 saturated carbocycles. The number of H-pyrrole nitrogens is 1. The summed E-state index contributed by atoms with van der Waals surface area (Å²) in [6.07, 6.45) is 1.86. The Labute approximate surface area is 200 Å². The van der Waals surface area contributed by atoms with Gasteiger partial charge in [0, 0.05) is 44.0 Å². The van der Waals surface area contributed by atoms with Crippen molar-refractivity contribution in [1.82, 2.24) is 19.4 Å². The Balaban J connectivity index is 1.82. The lowest BCUT2D eigenvalue weighted by molar-refractivity contribution is -0.146. The molecule has 0 unspecified atom stereocenters. The minimum atomic E-state index is -1.06. The van der Waals surface area contributed by atoms with Crippen molar-refractivity contribution < 1.29 is 19.1 Å². The molecule has 0 aliphatic carbocycles. The van der Waals surface area contributed by atoms with E-state index in [0.717, 1.165) is 25.6 Å². The van der Waals surface area contributed by atoms with E-state index in [4.69, 9.17) is 10.5 Å². The van der Waals surface area contributed by atoms with Crippen molar-refractivity contribution in [3.63, 3.8) is 0 Å². The lowest BCUT2D eigenvalue weighted by atomic mass is 10.0. The van der Waals surface area contributed by atoms with Crippen LogP contribution in [0.1, 0.15) is 36.7 Å². The number of amides is 1. The zero-order valence-electron chi connectivity index (χ0n) is 20.1. The van der Waals surface area contributed by atoms with Gasteiger partial charge >= 0.3 is 11.7 Å². The first kappa shape index (κ1) is 25.5. The Hall–Kier alpha value is -4.15. The fourth-order valence-corrected chi connectivity index (χ4v) is 3.86. The second-order valence-corrected chi connectivity index (χ2v) is 8.76. The van der Waals surface area contributed by atoms with Crippen molar-refractivity contribution in [2.75, 3.05) is 12.3 Å². The smallest absolute Gasteiger partial charge is 0.332 e. The molecule has 3 aromatic rings. The summed E-state index contributed by atoms with van der Waals surface area (Å²) in [5.74, 6) is -2.38. The Morgan fingerprint density at radius 3 is 2.51 bits per heavy atom. The van der Waals surface area contributed by atoms with Crippen LogP contribution in [-0.4, -0.2) is 44.4 Å². The minimum absolute atomic E-state index is 0.0243. The fourth-order valence-electron chi connectivity index (χ4n) is 3.86. The molecule has 0 aliphatic heterocycles. The monoisotopic (exact) mass is 483 g/mol. The van der Waals surface area contributed by atoms with Crippen molar-refractivity contribution in [3.05, 3.63) is 62.4 Å². The largest absolute Gasteiger partial charge is 0.456 e. The molecule has 3 rings (SSSR count). The van der Waals surface area contributed by atoms with Crippen LogP contribution in [0.2, 0.25) is 0 Å². The number of aromatic amines is 1. The Morgan fingerprint density at radius 2 is 1.86 bits per heavy atom. The van der Waals surface area contributed by atoms with Crippen LogP contribution in [0.4, 0.5) is 5.82 Å². The van der Waals surface area contributed by atoms with Gasteiger partial charge in [-0.25, -0.2) is 9.59 Å². The number of nitrogens with zero attached hydrogens (tertiary/aromatic N) is 2. The Kier molecular flexibility index (Phi) is 7.58. The summed E-state index contributed by atoms with van der Waals surface area (Å²) >= 11 is 0. The molecule has 0 spiro atoms. The van der Waals surface area contributed by atoms with Crippen molar-refractivity contribution >= 4 is 34.4 Å². The molecule has 4 N–H and O–H groups in total. The molecule has 0 radical (unpaired) electrons. The maximum absolute atomic E-state index is 12.9. The standard InChI is InChI=1S/C24H29N5O6/c1-13(2)11-29-21(25)20(22(32)28(4)24(29)34)19(31)12-35-23(33)18(27-14(3)30)9-15-10-26-17-8-6-5-7-16(15)17/h5-8,10,13,18,26H,9,11-12,25H2,1-4H3,(H,27,30)/t18-/m1/s1. The number of benzene rings is 1. The summed E-state index contributed by atoms with van der Waals surface area (Å²) in [4.78, 5) is 65.5. The van der Waals surface area contributed by atoms with Crippen molar-refractivity contribution in [2.45, 2.75) is 39.8 Å². The highest BCUT2D eigenvalue weighted by molar-refractivity contribution is 6.01. The lowest BCUT2D eigenvalue weighted by Gasteiger charge is -2.18. The maximum atomic E-state index is 12.9. The van der Waals surface area contributed by atoms with Crippen molar-refractivity contribution in [1.29, 1.82) is 0 Å². The van der Waals surface area contributed by atoms with Crippen LogP contribution >= 0.6 is 0 Å². The van der Waals surface area contributed by atoms with E-state index in [0.29, 0.717) is 0 Å². The minimum Gasteiger partial charge on any atom is -0.456 e. The molecule has 1 atom stereocenters. The van der Waals surface area contributed by atoms with E-state index in [9.17, 15) is 24.0 Å². The fraction of sp³-hybridized carbons (Fsp3) is 0.375. The Bertz CT molecular complexity index is 1400. The lowest BCUT2D eigenvalue weighted by Crippen LogP contribution is -2.45. The number of hydrogen-bond acceptors (Lipinski definition) is 7. The van der Waals surface area contributed by atoms with Crippen LogP contribution in [-0.2, 0) is 34.3 Å². The number of hydrogen-bond donors (Lipinski definition) is 3. The number of ketones is 1. The normalized spacial score (nSPS) is 12.0. The van der Waals surface area contributed by atoms with Gasteiger partial charge < -0.3 is 20.8 Å². The molecule has 11 nitrogen and oxygen atoms in total. The van der Waals surface area contributed by atoms with Gasteiger partial charge in [-0.15, -0.1) is 0 Å². The van der Waals surface area contributed by atoms with Gasteiger partial charge in [0.15, 0.2) is 6.61 Å². The molecule has 35 heavy (non-hydrogen) atoms. The van der Waals surface area contributed by atoms with Crippen LogP contribution in [0.25, 0.3) is 10.9 Å². The van der Waals surface area contributed by atoms with Gasteiger partial charge in [0.2, 0.25) is 11.7 Å². The Morgan fingerprint density at radius 1 is 1.17 bits per heavy atom. The number of esters is 1. The number of fused-ring (bicyclic) bond motifs is 1. The number of ether oxygens (including phenoxy) is 1. The third kappa shape index (κ3) is 5.51. The molecule has 0 saturated heterocycles. The summed E-state index contributed by atoms with van der Waals surface area (Å²) < 4.78 is 7.13. The molecule has 186 valence electrons. The van der Waals surface area contributed by atoms with E-state index >= 15 is 0 Å². The number of para-hydroxylation sites is 1. The van der Waals surface area contributed by atoms with Gasteiger partial charge in [0.25, 0.3) is 5.56 Å². The van der Waals surface area contributed by atoms with Gasteiger partial charge in [0.05, 0.1) is 0 Å². The number of nitrogens with two attached hydrogens (primary N) is 1. The zero-order chi connectivity index (χ0) is 25.9. The van der Waals surface area contributed by atoms with Crippen LogP contribution in [0.3, 0.4) is 0 Å². The number of aromatic nitrogens is 3. The maximum Gasteiger partial charge on any atom is 0.332 e. The van der Waals surface area contributed by atoms with Crippen LogP contribution in [0, 0.1) is 5.92 Å². The van der Waals surface area contributed by atoms with Gasteiger partial charge in [-0.1, -0.05) is 32.0 Å². The van der Waals surface area contributed by atoms with Crippen molar-refractivity contribution in [3.8, 4) is 0 Å². The van der Waals surface area contributed by atoms with E-state index < -0.39 is 47.1 Å². The van der Waals surface area contributed by atoms with Crippen molar-refractivity contribution in [2.24, 2.45) is 13.0 Å². The highest BCUT2D eigenvalue weighted by atomic mass is 16.5. The number of Topliss-reactive ketones (excluding diaryl/α,β-unsaturated/α-hetero) is 1. The molecular formula is C24H29N5O6. The predicted octanol–water partition coefficient (Wildman–Crippen LogP) is 0.740. The number of anilines is 1. The van der Waals surface area contributed by atoms with E-state index in [2.05, 4.69) is 10.3 Å². The predicted molar refractivity (Wildman–Crippen MR) is 130 cm³/mol. The zero-order valence-corrected chi connectivity index (χ0v) is 20.1. The molecule has 2 aromatic heterocycles. The molecule has 2 heterocycles. The molecule has 1 aromatic carbocycles. The molecule has 0 bridgehead atoms. The van der Waals surface area contributed by atoms with Gasteiger partial charge in [0.1, 0.15) is 17.4 Å².